The first-order valence-corrected chi connectivity index (χ1v) is 6.82. The molecule has 0 aliphatic rings. The van der Waals surface area contributed by atoms with Gasteiger partial charge in [0.2, 0.25) is 10.0 Å². The van der Waals surface area contributed by atoms with Crippen LogP contribution >= 0.6 is 0 Å². The number of nitrogens with zero attached hydrogens (tertiary/aromatic N) is 2. The van der Waals surface area contributed by atoms with Gasteiger partial charge < -0.3 is 0 Å². The van der Waals surface area contributed by atoms with Crippen molar-refractivity contribution in [2.24, 2.45) is 0 Å². The molecule has 0 fully saturated rings. The standard InChI is InChI=1S/C10H20N2O2S/c1-5-7-12(9(3)4)15(13,14)10(6-2)8-11/h9-10H,5-7H2,1-4H3. The third-order valence-corrected chi connectivity index (χ3v) is 4.64. The van der Waals surface area contributed by atoms with Crippen LogP contribution in [-0.2, 0) is 10.0 Å². The van der Waals surface area contributed by atoms with Gasteiger partial charge in [-0.1, -0.05) is 13.8 Å². The van der Waals surface area contributed by atoms with Crippen molar-refractivity contribution < 1.29 is 8.42 Å². The van der Waals surface area contributed by atoms with Gasteiger partial charge in [-0.15, -0.1) is 0 Å². The SMILES string of the molecule is CCCN(C(C)C)S(=O)(=O)C(C#N)CC. The Balaban J connectivity index is 5.04. The smallest absolute Gasteiger partial charge is 0.211 e. The molecule has 0 heterocycles. The second kappa shape index (κ2) is 6.09. The molecule has 5 heteroatoms. The van der Waals surface area contributed by atoms with Gasteiger partial charge >= 0.3 is 0 Å². The summed E-state index contributed by atoms with van der Waals surface area (Å²) in [6.07, 6.45) is 1.10. The molecule has 0 saturated carbocycles. The summed E-state index contributed by atoms with van der Waals surface area (Å²) >= 11 is 0. The average molecular weight is 232 g/mol. The number of nitriles is 1. The van der Waals surface area contributed by atoms with E-state index in [1.807, 2.05) is 26.8 Å². The first kappa shape index (κ1) is 14.4. The molecule has 1 atom stereocenters. The minimum absolute atomic E-state index is 0.0858. The van der Waals surface area contributed by atoms with E-state index in [2.05, 4.69) is 0 Å². The van der Waals surface area contributed by atoms with Crippen LogP contribution in [0.4, 0.5) is 0 Å². The van der Waals surface area contributed by atoms with E-state index in [-0.39, 0.29) is 6.04 Å². The largest absolute Gasteiger partial charge is 0.230 e. The molecule has 0 saturated heterocycles. The number of sulfonamides is 1. The van der Waals surface area contributed by atoms with Crippen molar-refractivity contribution in [2.75, 3.05) is 6.54 Å². The normalized spacial score (nSPS) is 14.2. The van der Waals surface area contributed by atoms with Crippen LogP contribution in [0, 0.1) is 11.3 Å². The molecule has 0 rings (SSSR count). The summed E-state index contributed by atoms with van der Waals surface area (Å²) in [6, 6.07) is 1.77. The lowest BCUT2D eigenvalue weighted by molar-refractivity contribution is 0.351. The van der Waals surface area contributed by atoms with E-state index >= 15 is 0 Å². The van der Waals surface area contributed by atoms with Gasteiger partial charge in [0.25, 0.3) is 0 Å². The van der Waals surface area contributed by atoms with Crippen LogP contribution in [0.25, 0.3) is 0 Å². The first-order valence-electron chi connectivity index (χ1n) is 5.32. The highest BCUT2D eigenvalue weighted by atomic mass is 32.2. The van der Waals surface area contributed by atoms with E-state index in [4.69, 9.17) is 5.26 Å². The van der Waals surface area contributed by atoms with E-state index < -0.39 is 15.3 Å². The van der Waals surface area contributed by atoms with Gasteiger partial charge in [-0.05, 0) is 26.7 Å². The highest BCUT2D eigenvalue weighted by molar-refractivity contribution is 7.90. The van der Waals surface area contributed by atoms with Crippen LogP contribution in [0.15, 0.2) is 0 Å². The summed E-state index contributed by atoms with van der Waals surface area (Å²) in [5, 5.41) is 7.89. The molecule has 0 aromatic carbocycles. The zero-order valence-electron chi connectivity index (χ0n) is 9.90. The fourth-order valence-corrected chi connectivity index (χ4v) is 3.34. The predicted molar refractivity (Wildman–Crippen MR) is 60.7 cm³/mol. The van der Waals surface area contributed by atoms with Crippen molar-refractivity contribution in [3.05, 3.63) is 0 Å². The maximum atomic E-state index is 12.0. The molecular weight excluding hydrogens is 212 g/mol. The Hall–Kier alpha value is -0.600. The summed E-state index contributed by atoms with van der Waals surface area (Å²) < 4.78 is 25.5. The van der Waals surface area contributed by atoms with Gasteiger partial charge in [0.05, 0.1) is 6.07 Å². The Morgan fingerprint density at radius 2 is 1.87 bits per heavy atom. The third-order valence-electron chi connectivity index (χ3n) is 2.22. The van der Waals surface area contributed by atoms with Gasteiger partial charge in [0, 0.05) is 12.6 Å². The summed E-state index contributed by atoms with van der Waals surface area (Å²) in [5.74, 6) is 0. The third kappa shape index (κ3) is 3.47. The van der Waals surface area contributed by atoms with Crippen molar-refractivity contribution in [3.63, 3.8) is 0 Å². The quantitative estimate of drug-likeness (QED) is 0.700. The molecule has 0 aromatic rings. The second-order valence-corrected chi connectivity index (χ2v) is 5.84. The lowest BCUT2D eigenvalue weighted by Crippen LogP contribution is -2.42. The van der Waals surface area contributed by atoms with E-state index in [9.17, 15) is 8.42 Å². The second-order valence-electron chi connectivity index (χ2n) is 3.78. The predicted octanol–water partition coefficient (Wildman–Crippen LogP) is 1.74. The van der Waals surface area contributed by atoms with E-state index in [1.54, 1.807) is 6.92 Å². The molecule has 4 nitrogen and oxygen atoms in total. The Morgan fingerprint density at radius 3 is 2.13 bits per heavy atom. The maximum Gasteiger partial charge on any atom is 0.230 e. The van der Waals surface area contributed by atoms with Crippen molar-refractivity contribution in [2.45, 2.75) is 51.8 Å². The van der Waals surface area contributed by atoms with Crippen molar-refractivity contribution >= 4 is 10.0 Å². The minimum Gasteiger partial charge on any atom is -0.211 e. The zero-order valence-corrected chi connectivity index (χ0v) is 10.7. The van der Waals surface area contributed by atoms with E-state index in [0.29, 0.717) is 13.0 Å². The molecule has 0 aliphatic heterocycles. The molecule has 0 N–H and O–H groups in total. The molecule has 0 bridgehead atoms. The molecule has 88 valence electrons. The zero-order chi connectivity index (χ0) is 12.1. The monoisotopic (exact) mass is 232 g/mol. The minimum atomic E-state index is -3.45. The van der Waals surface area contributed by atoms with Crippen LogP contribution < -0.4 is 0 Å². The van der Waals surface area contributed by atoms with Crippen LogP contribution in [0.2, 0.25) is 0 Å². The van der Waals surface area contributed by atoms with Gasteiger partial charge in [-0.2, -0.15) is 9.57 Å². The van der Waals surface area contributed by atoms with Gasteiger partial charge in [0.15, 0.2) is 5.25 Å². The molecule has 1 unspecified atom stereocenters. The lowest BCUT2D eigenvalue weighted by Gasteiger charge is -2.27. The Morgan fingerprint density at radius 1 is 1.33 bits per heavy atom. The van der Waals surface area contributed by atoms with Crippen LogP contribution in [0.1, 0.15) is 40.5 Å². The molecule has 0 spiro atoms. The lowest BCUT2D eigenvalue weighted by atomic mass is 10.3. The van der Waals surface area contributed by atoms with E-state index in [1.165, 1.54) is 4.31 Å². The van der Waals surface area contributed by atoms with Gasteiger partial charge in [0.1, 0.15) is 0 Å². The van der Waals surface area contributed by atoms with Crippen LogP contribution in [0.5, 0.6) is 0 Å². The maximum absolute atomic E-state index is 12.0. The van der Waals surface area contributed by atoms with Crippen molar-refractivity contribution in [3.8, 4) is 6.07 Å². The average Bonchev–Trinajstić information content (AvgIpc) is 2.14. The van der Waals surface area contributed by atoms with Crippen molar-refractivity contribution in [1.82, 2.24) is 4.31 Å². The summed E-state index contributed by atoms with van der Waals surface area (Å²) in [5.41, 5.74) is 0. The Labute approximate surface area is 92.9 Å². The topological polar surface area (TPSA) is 61.2 Å². The van der Waals surface area contributed by atoms with Gasteiger partial charge in [-0.3, -0.25) is 0 Å². The molecule has 0 amide bonds. The van der Waals surface area contributed by atoms with Crippen LogP contribution in [-0.4, -0.2) is 30.6 Å². The molecule has 0 aromatic heterocycles. The van der Waals surface area contributed by atoms with E-state index in [0.717, 1.165) is 6.42 Å². The molecular formula is C10H20N2O2S. The number of rotatable bonds is 6. The Bertz CT molecular complexity index is 317. The fourth-order valence-electron chi connectivity index (χ4n) is 1.43. The summed E-state index contributed by atoms with van der Waals surface area (Å²) in [4.78, 5) is 0. The fraction of sp³-hybridized carbons (Fsp3) is 0.900. The van der Waals surface area contributed by atoms with Gasteiger partial charge in [-0.25, -0.2) is 8.42 Å². The first-order chi connectivity index (χ1) is 6.91. The Kier molecular flexibility index (Phi) is 5.84. The number of hydrogen-bond donors (Lipinski definition) is 0. The number of hydrogen-bond acceptors (Lipinski definition) is 3. The van der Waals surface area contributed by atoms with Crippen molar-refractivity contribution in [1.29, 1.82) is 5.26 Å². The summed E-state index contributed by atoms with van der Waals surface area (Å²) in [7, 11) is -3.45. The highest BCUT2D eigenvalue weighted by Crippen LogP contribution is 2.15. The molecule has 15 heavy (non-hydrogen) atoms. The highest BCUT2D eigenvalue weighted by Gasteiger charge is 2.31. The summed E-state index contributed by atoms with van der Waals surface area (Å²) in [6.45, 7) is 7.79. The molecule has 0 radical (unpaired) electrons. The van der Waals surface area contributed by atoms with Crippen LogP contribution in [0.3, 0.4) is 0 Å². The molecule has 0 aliphatic carbocycles.